The fourth-order valence-corrected chi connectivity index (χ4v) is 2.26. The average Bonchev–Trinajstić information content (AvgIpc) is 2.95. The lowest BCUT2D eigenvalue weighted by molar-refractivity contribution is 0.185. The van der Waals surface area contributed by atoms with Crippen LogP contribution in [0, 0.1) is 0 Å². The molecule has 1 saturated heterocycles. The maximum atomic E-state index is 5.53. The van der Waals surface area contributed by atoms with Crippen LogP contribution in [0.15, 0.2) is 54.6 Å². The van der Waals surface area contributed by atoms with E-state index < -0.39 is 0 Å². The number of hydrogen-bond acceptors (Lipinski definition) is 2. The zero-order valence-corrected chi connectivity index (χ0v) is 10.4. The summed E-state index contributed by atoms with van der Waals surface area (Å²) in [4.78, 5) is 7.51. The van der Waals surface area contributed by atoms with Gasteiger partial charge in [0.1, 0.15) is 0 Å². The summed E-state index contributed by atoms with van der Waals surface area (Å²) >= 11 is 0. The van der Waals surface area contributed by atoms with E-state index in [2.05, 4.69) is 54.6 Å². The third kappa shape index (κ3) is 2.57. The topological polar surface area (TPSA) is 12.5 Å². The molecule has 1 aliphatic heterocycles. The standard InChI is InChI=1S/C15H16BNO/c1-2-4-13(5-3-1)12-14-6-8-15(9-7-14)17-16-10-11-18-17/h1-9,16H,10-12H2. The molecule has 0 N–H and O–H groups in total. The molecule has 18 heavy (non-hydrogen) atoms. The van der Waals surface area contributed by atoms with Gasteiger partial charge in [-0.2, -0.15) is 0 Å². The summed E-state index contributed by atoms with van der Waals surface area (Å²) in [5.41, 5.74) is 3.84. The fraction of sp³-hybridized carbons (Fsp3) is 0.200. The van der Waals surface area contributed by atoms with Gasteiger partial charge in [-0.3, -0.25) is 4.84 Å². The van der Waals surface area contributed by atoms with Crippen LogP contribution in [0.5, 0.6) is 0 Å². The first-order valence-corrected chi connectivity index (χ1v) is 6.45. The van der Waals surface area contributed by atoms with E-state index in [1.54, 1.807) is 0 Å². The lowest BCUT2D eigenvalue weighted by Gasteiger charge is -2.16. The van der Waals surface area contributed by atoms with Gasteiger partial charge in [-0.1, -0.05) is 42.5 Å². The summed E-state index contributed by atoms with van der Waals surface area (Å²) in [5, 5.41) is 0. The Morgan fingerprint density at radius 3 is 2.33 bits per heavy atom. The molecule has 2 aromatic carbocycles. The number of hydrogen-bond donors (Lipinski definition) is 0. The van der Waals surface area contributed by atoms with Gasteiger partial charge >= 0.3 is 0 Å². The fourth-order valence-electron chi connectivity index (χ4n) is 2.26. The smallest absolute Gasteiger partial charge is 0.275 e. The van der Waals surface area contributed by atoms with Crippen LogP contribution in [-0.2, 0) is 11.3 Å². The Bertz CT molecular complexity index is 492. The molecule has 90 valence electrons. The van der Waals surface area contributed by atoms with Crippen molar-refractivity contribution in [3.8, 4) is 0 Å². The Balaban J connectivity index is 1.71. The molecular weight excluding hydrogens is 221 g/mol. The molecule has 0 spiro atoms. The molecule has 2 nitrogen and oxygen atoms in total. The molecule has 0 radical (unpaired) electrons. The first kappa shape index (κ1) is 11.4. The van der Waals surface area contributed by atoms with Gasteiger partial charge in [-0.05, 0) is 36.0 Å². The zero-order chi connectivity index (χ0) is 12.2. The van der Waals surface area contributed by atoms with Crippen LogP contribution in [0.3, 0.4) is 0 Å². The van der Waals surface area contributed by atoms with Crippen LogP contribution < -0.4 is 4.97 Å². The molecule has 1 heterocycles. The normalized spacial score (nSPS) is 14.6. The van der Waals surface area contributed by atoms with Crippen molar-refractivity contribution in [2.45, 2.75) is 12.7 Å². The van der Waals surface area contributed by atoms with Gasteiger partial charge in [-0.15, -0.1) is 0 Å². The molecule has 0 aromatic heterocycles. The van der Waals surface area contributed by atoms with Crippen molar-refractivity contribution in [3.63, 3.8) is 0 Å². The Kier molecular flexibility index (Phi) is 3.33. The van der Waals surface area contributed by atoms with Crippen molar-refractivity contribution < 1.29 is 4.84 Å². The Morgan fingerprint density at radius 1 is 0.944 bits per heavy atom. The highest BCUT2D eigenvalue weighted by Gasteiger charge is 2.14. The molecule has 2 aromatic rings. The van der Waals surface area contributed by atoms with Crippen LogP contribution in [-0.4, -0.2) is 14.0 Å². The van der Waals surface area contributed by atoms with Crippen molar-refractivity contribution in [1.29, 1.82) is 0 Å². The predicted molar refractivity (Wildman–Crippen MR) is 76.1 cm³/mol. The van der Waals surface area contributed by atoms with Crippen LogP contribution in [0.1, 0.15) is 11.1 Å². The largest absolute Gasteiger partial charge is 0.305 e. The second-order valence-corrected chi connectivity index (χ2v) is 4.62. The maximum absolute atomic E-state index is 5.53. The van der Waals surface area contributed by atoms with Gasteiger partial charge in [0.15, 0.2) is 0 Å². The summed E-state index contributed by atoms with van der Waals surface area (Å²) < 4.78 is 0. The summed E-state index contributed by atoms with van der Waals surface area (Å²) in [7, 11) is 0.998. The van der Waals surface area contributed by atoms with E-state index in [1.165, 1.54) is 11.1 Å². The van der Waals surface area contributed by atoms with Crippen LogP contribution in [0.2, 0.25) is 6.32 Å². The maximum Gasteiger partial charge on any atom is 0.275 e. The van der Waals surface area contributed by atoms with E-state index >= 15 is 0 Å². The summed E-state index contributed by atoms with van der Waals surface area (Å²) in [6.07, 6.45) is 2.10. The molecule has 0 bridgehead atoms. The minimum Gasteiger partial charge on any atom is -0.305 e. The molecule has 3 rings (SSSR count). The van der Waals surface area contributed by atoms with E-state index in [0.717, 1.165) is 32.4 Å². The van der Waals surface area contributed by atoms with Gasteiger partial charge in [-0.25, -0.2) is 0 Å². The third-order valence-corrected chi connectivity index (χ3v) is 3.23. The van der Waals surface area contributed by atoms with Gasteiger partial charge < -0.3 is 4.97 Å². The lowest BCUT2D eigenvalue weighted by Crippen LogP contribution is -2.18. The second-order valence-electron chi connectivity index (χ2n) is 4.62. The van der Waals surface area contributed by atoms with Gasteiger partial charge in [0, 0.05) is 5.69 Å². The van der Waals surface area contributed by atoms with E-state index in [9.17, 15) is 0 Å². The highest BCUT2D eigenvalue weighted by Crippen LogP contribution is 2.19. The van der Waals surface area contributed by atoms with E-state index in [0.29, 0.717) is 0 Å². The Labute approximate surface area is 108 Å². The van der Waals surface area contributed by atoms with E-state index in [-0.39, 0.29) is 0 Å². The van der Waals surface area contributed by atoms with Crippen molar-refractivity contribution >= 4 is 13.1 Å². The minimum absolute atomic E-state index is 0.839. The predicted octanol–water partition coefficient (Wildman–Crippen LogP) is 2.80. The van der Waals surface area contributed by atoms with Crippen LogP contribution in [0.25, 0.3) is 0 Å². The number of benzene rings is 2. The molecule has 0 unspecified atom stereocenters. The quantitative estimate of drug-likeness (QED) is 0.761. The molecule has 0 aliphatic carbocycles. The van der Waals surface area contributed by atoms with Crippen LogP contribution >= 0.6 is 0 Å². The number of nitrogens with zero attached hydrogens (tertiary/aromatic N) is 1. The van der Waals surface area contributed by atoms with Crippen molar-refractivity contribution in [1.82, 2.24) is 0 Å². The summed E-state index contributed by atoms with van der Waals surface area (Å²) in [5.74, 6) is 0. The molecule has 1 aliphatic rings. The molecule has 1 fully saturated rings. The number of rotatable bonds is 3. The average molecular weight is 237 g/mol. The van der Waals surface area contributed by atoms with Crippen molar-refractivity contribution in [2.24, 2.45) is 0 Å². The highest BCUT2D eigenvalue weighted by atomic mass is 16.7. The minimum atomic E-state index is 0.839. The SMILES string of the molecule is B1CCON1c1ccc(Cc2ccccc2)cc1. The first-order chi connectivity index (χ1) is 8.92. The molecule has 3 heteroatoms. The van der Waals surface area contributed by atoms with Gasteiger partial charge in [0.05, 0.1) is 6.61 Å². The van der Waals surface area contributed by atoms with Crippen molar-refractivity contribution in [3.05, 3.63) is 65.7 Å². The molecule has 0 saturated carbocycles. The Hall–Kier alpha value is -1.74. The summed E-state index contributed by atoms with van der Waals surface area (Å²) in [6, 6.07) is 19.2. The zero-order valence-electron chi connectivity index (χ0n) is 10.4. The Morgan fingerprint density at radius 2 is 1.67 bits per heavy atom. The van der Waals surface area contributed by atoms with E-state index in [4.69, 9.17) is 4.84 Å². The monoisotopic (exact) mass is 237 g/mol. The first-order valence-electron chi connectivity index (χ1n) is 6.45. The van der Waals surface area contributed by atoms with E-state index in [1.807, 2.05) is 4.97 Å². The molecule has 0 atom stereocenters. The van der Waals surface area contributed by atoms with Crippen molar-refractivity contribution in [2.75, 3.05) is 11.6 Å². The van der Waals surface area contributed by atoms with Gasteiger partial charge in [0.25, 0.3) is 7.41 Å². The highest BCUT2D eigenvalue weighted by molar-refractivity contribution is 6.41. The lowest BCUT2D eigenvalue weighted by atomic mass is 9.90. The summed E-state index contributed by atoms with van der Waals surface area (Å²) in [6.45, 7) is 0.839. The second kappa shape index (κ2) is 5.28. The van der Waals surface area contributed by atoms with Crippen LogP contribution in [0.4, 0.5) is 5.69 Å². The molecular formula is C15H16BNO. The third-order valence-electron chi connectivity index (χ3n) is 3.23. The molecule has 0 amide bonds. The number of anilines is 1. The van der Waals surface area contributed by atoms with Gasteiger partial charge in [0.2, 0.25) is 0 Å².